The minimum absolute atomic E-state index is 0.392. The van der Waals surface area contributed by atoms with E-state index in [1.54, 1.807) is 6.07 Å². The molecule has 4 heteroatoms. The molecule has 4 aromatic carbocycles. The molecular formula is C27H23O3P. The highest BCUT2D eigenvalue weighted by Gasteiger charge is 2.32. The molecule has 0 fully saturated rings. The number of aryl methyl sites for hydroxylation is 1. The number of carbonyl (C=O) groups excluding carboxylic acids is 1. The van der Waals surface area contributed by atoms with Gasteiger partial charge in [-0.1, -0.05) is 96.6 Å². The van der Waals surface area contributed by atoms with E-state index >= 15 is 0 Å². The van der Waals surface area contributed by atoms with Crippen molar-refractivity contribution in [3.8, 4) is 16.9 Å². The summed E-state index contributed by atoms with van der Waals surface area (Å²) in [4.78, 5) is 11.7. The van der Waals surface area contributed by atoms with Gasteiger partial charge in [-0.2, -0.15) is 0 Å². The Morgan fingerprint density at radius 2 is 1.26 bits per heavy atom. The molecule has 0 spiro atoms. The average molecular weight is 426 g/mol. The van der Waals surface area contributed by atoms with Gasteiger partial charge in [0.05, 0.1) is 0 Å². The van der Waals surface area contributed by atoms with Crippen molar-refractivity contribution < 1.29 is 14.1 Å². The largest absolute Gasteiger partial charge is 0.426 e. The highest BCUT2D eigenvalue weighted by atomic mass is 31.2. The predicted octanol–water partition coefficient (Wildman–Crippen LogP) is 5.23. The van der Waals surface area contributed by atoms with Gasteiger partial charge >= 0.3 is 5.97 Å². The minimum atomic E-state index is -3.19. The summed E-state index contributed by atoms with van der Waals surface area (Å²) in [6.07, 6.45) is 0. The maximum atomic E-state index is 14.9. The first-order chi connectivity index (χ1) is 15.0. The molecule has 0 aliphatic heterocycles. The van der Waals surface area contributed by atoms with Crippen LogP contribution in [0.4, 0.5) is 0 Å². The molecule has 0 aliphatic carbocycles. The van der Waals surface area contributed by atoms with E-state index in [9.17, 15) is 9.36 Å². The second-order valence-electron chi connectivity index (χ2n) is 7.39. The number of esters is 1. The number of hydrogen-bond acceptors (Lipinski definition) is 3. The molecular weight excluding hydrogens is 403 g/mol. The Labute approximate surface area is 182 Å². The fourth-order valence-electron chi connectivity index (χ4n) is 3.78. The smallest absolute Gasteiger partial charge is 0.308 e. The van der Waals surface area contributed by atoms with Crippen LogP contribution in [0.5, 0.6) is 5.75 Å². The van der Waals surface area contributed by atoms with E-state index in [1.807, 2.05) is 104 Å². The van der Waals surface area contributed by atoms with Gasteiger partial charge in [0.25, 0.3) is 0 Å². The topological polar surface area (TPSA) is 43.4 Å². The van der Waals surface area contributed by atoms with Crippen LogP contribution >= 0.6 is 7.14 Å². The van der Waals surface area contributed by atoms with Crippen molar-refractivity contribution >= 4 is 29.0 Å². The van der Waals surface area contributed by atoms with Crippen LogP contribution in [0.15, 0.2) is 103 Å². The van der Waals surface area contributed by atoms with Crippen LogP contribution in [-0.4, -0.2) is 5.97 Å². The first-order valence-electron chi connectivity index (χ1n) is 10.1. The molecule has 0 N–H and O–H groups in total. The lowest BCUT2D eigenvalue weighted by molar-refractivity contribution is -0.131. The molecule has 31 heavy (non-hydrogen) atoms. The summed E-state index contributed by atoms with van der Waals surface area (Å²) in [5.74, 6) is 0.0649. The van der Waals surface area contributed by atoms with Gasteiger partial charge in [0.2, 0.25) is 0 Å². The van der Waals surface area contributed by atoms with Crippen molar-refractivity contribution in [2.24, 2.45) is 0 Å². The van der Waals surface area contributed by atoms with Gasteiger partial charge in [0.1, 0.15) is 5.75 Å². The zero-order valence-electron chi connectivity index (χ0n) is 17.5. The van der Waals surface area contributed by atoms with Crippen LogP contribution in [0.25, 0.3) is 11.1 Å². The van der Waals surface area contributed by atoms with E-state index in [4.69, 9.17) is 4.74 Å². The van der Waals surface area contributed by atoms with Gasteiger partial charge in [-0.25, -0.2) is 0 Å². The molecule has 4 rings (SSSR count). The lowest BCUT2D eigenvalue weighted by Crippen LogP contribution is -2.26. The summed E-state index contributed by atoms with van der Waals surface area (Å²) < 4.78 is 20.4. The number of benzene rings is 4. The molecule has 3 nitrogen and oxygen atoms in total. The molecule has 0 amide bonds. The van der Waals surface area contributed by atoms with Crippen LogP contribution in [0.1, 0.15) is 12.5 Å². The zero-order chi connectivity index (χ0) is 21.8. The van der Waals surface area contributed by atoms with E-state index in [-0.39, 0.29) is 0 Å². The molecule has 0 atom stereocenters. The predicted molar refractivity (Wildman–Crippen MR) is 127 cm³/mol. The number of hydrogen-bond donors (Lipinski definition) is 0. The summed E-state index contributed by atoms with van der Waals surface area (Å²) in [6, 6.07) is 32.4. The van der Waals surface area contributed by atoms with E-state index < -0.39 is 13.1 Å². The molecule has 0 bridgehead atoms. The van der Waals surface area contributed by atoms with Crippen LogP contribution in [0.3, 0.4) is 0 Å². The molecule has 0 aliphatic rings. The summed E-state index contributed by atoms with van der Waals surface area (Å²) in [5, 5.41) is 2.23. The second-order valence-corrected chi connectivity index (χ2v) is 10.1. The molecule has 0 saturated heterocycles. The maximum absolute atomic E-state index is 14.9. The van der Waals surface area contributed by atoms with Crippen molar-refractivity contribution in [2.75, 3.05) is 0 Å². The first kappa shape index (κ1) is 20.8. The van der Waals surface area contributed by atoms with Gasteiger partial charge in [-0.15, -0.1) is 0 Å². The van der Waals surface area contributed by atoms with Crippen molar-refractivity contribution in [1.82, 2.24) is 0 Å². The summed E-state index contributed by atoms with van der Waals surface area (Å²) >= 11 is 0. The van der Waals surface area contributed by atoms with Crippen molar-refractivity contribution in [1.29, 1.82) is 0 Å². The maximum Gasteiger partial charge on any atom is 0.308 e. The van der Waals surface area contributed by atoms with E-state index in [2.05, 4.69) is 0 Å². The summed E-state index contributed by atoms with van der Waals surface area (Å²) in [7, 11) is -3.19. The Hall–Kier alpha value is -3.42. The van der Waals surface area contributed by atoms with Gasteiger partial charge in [-0.05, 0) is 24.6 Å². The Bertz CT molecular complexity index is 1220. The Morgan fingerprint density at radius 1 is 0.710 bits per heavy atom. The monoisotopic (exact) mass is 426 g/mol. The van der Waals surface area contributed by atoms with Crippen LogP contribution in [0.2, 0.25) is 0 Å². The van der Waals surface area contributed by atoms with Gasteiger partial charge in [0.15, 0.2) is 7.14 Å². The molecule has 0 saturated carbocycles. The van der Waals surface area contributed by atoms with Gasteiger partial charge in [0, 0.05) is 28.4 Å². The Morgan fingerprint density at radius 3 is 1.84 bits per heavy atom. The Balaban J connectivity index is 2.03. The molecule has 0 heterocycles. The quantitative estimate of drug-likeness (QED) is 0.249. The third-order valence-electron chi connectivity index (χ3n) is 5.16. The molecule has 0 unspecified atom stereocenters. The molecule has 154 valence electrons. The lowest BCUT2D eigenvalue weighted by Gasteiger charge is -2.23. The van der Waals surface area contributed by atoms with Crippen molar-refractivity contribution in [3.63, 3.8) is 0 Å². The van der Waals surface area contributed by atoms with E-state index in [0.29, 0.717) is 11.1 Å². The average Bonchev–Trinajstić information content (AvgIpc) is 2.80. The first-order valence-corrected chi connectivity index (χ1v) is 11.8. The number of rotatable bonds is 5. The standard InChI is InChI=1S/C27H23O3P/c1-20-17-18-26(30-21(2)28)25(19-20)24-15-9-10-16-27(24)31(29,22-11-5-3-6-12-22)23-13-7-4-8-14-23/h3-19H,1-2H3. The van der Waals surface area contributed by atoms with Gasteiger partial charge in [-0.3, -0.25) is 4.79 Å². The third-order valence-corrected chi connectivity index (χ3v) is 8.28. The van der Waals surface area contributed by atoms with Crippen LogP contribution < -0.4 is 20.7 Å². The SMILES string of the molecule is CC(=O)Oc1ccc(C)cc1-c1ccccc1P(=O)(c1ccccc1)c1ccccc1. The normalized spacial score (nSPS) is 11.2. The fraction of sp³-hybridized carbons (Fsp3) is 0.0741. The van der Waals surface area contributed by atoms with Crippen molar-refractivity contribution in [3.05, 3.63) is 109 Å². The highest BCUT2D eigenvalue weighted by molar-refractivity contribution is 7.85. The number of ether oxygens (including phenoxy) is 1. The van der Waals surface area contributed by atoms with E-state index in [1.165, 1.54) is 6.92 Å². The van der Waals surface area contributed by atoms with Crippen molar-refractivity contribution in [2.45, 2.75) is 13.8 Å². The second kappa shape index (κ2) is 8.75. The molecule has 4 aromatic rings. The lowest BCUT2D eigenvalue weighted by atomic mass is 10.0. The van der Waals surface area contributed by atoms with Gasteiger partial charge < -0.3 is 9.30 Å². The fourth-order valence-corrected chi connectivity index (χ4v) is 6.65. The van der Waals surface area contributed by atoms with Crippen LogP contribution in [-0.2, 0) is 9.36 Å². The van der Waals surface area contributed by atoms with Crippen LogP contribution in [0, 0.1) is 6.92 Å². The highest BCUT2D eigenvalue weighted by Crippen LogP contribution is 2.46. The Kier molecular flexibility index (Phi) is 5.88. The third kappa shape index (κ3) is 4.10. The summed E-state index contributed by atoms with van der Waals surface area (Å²) in [6.45, 7) is 3.37. The summed E-state index contributed by atoms with van der Waals surface area (Å²) in [5.41, 5.74) is 2.56. The molecule has 0 aromatic heterocycles. The van der Waals surface area contributed by atoms with E-state index in [0.717, 1.165) is 27.3 Å². The zero-order valence-corrected chi connectivity index (χ0v) is 18.4. The minimum Gasteiger partial charge on any atom is -0.426 e. The molecule has 0 radical (unpaired) electrons. The number of carbonyl (C=O) groups is 1.